The van der Waals surface area contributed by atoms with Crippen molar-refractivity contribution in [3.05, 3.63) is 65.7 Å². The van der Waals surface area contributed by atoms with Crippen LogP contribution in [0.5, 0.6) is 5.75 Å². The summed E-state index contributed by atoms with van der Waals surface area (Å²) in [6.07, 6.45) is 0.946. The zero-order chi connectivity index (χ0) is 36.2. The average molecular weight is 680 g/mol. The Morgan fingerprint density at radius 1 is 0.776 bits per heavy atom. The van der Waals surface area contributed by atoms with Gasteiger partial charge in [0.2, 0.25) is 35.4 Å². The molecule has 0 bridgehead atoms. The van der Waals surface area contributed by atoms with Crippen LogP contribution in [0.1, 0.15) is 51.7 Å². The van der Waals surface area contributed by atoms with Gasteiger partial charge in [0.25, 0.3) is 0 Å². The van der Waals surface area contributed by atoms with Crippen molar-refractivity contribution in [3.63, 3.8) is 0 Å². The third kappa shape index (κ3) is 11.0. The number of phenols is 1. The van der Waals surface area contributed by atoms with E-state index in [1.165, 1.54) is 17.0 Å². The number of nitrogens with one attached hydrogen (secondary N) is 4. The monoisotopic (exact) mass is 679 g/mol. The maximum atomic E-state index is 14.0. The molecule has 0 aromatic heterocycles. The fourth-order valence-electron chi connectivity index (χ4n) is 5.72. The van der Waals surface area contributed by atoms with E-state index in [4.69, 9.17) is 11.5 Å². The molecule has 14 heteroatoms. The number of phenolic OH excluding ortho intramolecular Hbond substituents is 1. The van der Waals surface area contributed by atoms with Gasteiger partial charge < -0.3 is 42.7 Å². The Hall–Kier alpha value is -4.98. The molecule has 266 valence electrons. The predicted octanol–water partition coefficient (Wildman–Crippen LogP) is -0.136. The lowest BCUT2D eigenvalue weighted by molar-refractivity contribution is -0.143. The molecule has 5 atom stereocenters. The van der Waals surface area contributed by atoms with Gasteiger partial charge in [-0.2, -0.15) is 0 Å². The van der Waals surface area contributed by atoms with Crippen LogP contribution in [0.3, 0.4) is 0 Å². The van der Waals surface area contributed by atoms with Crippen molar-refractivity contribution in [2.24, 2.45) is 23.3 Å². The van der Waals surface area contributed by atoms with Gasteiger partial charge in [0, 0.05) is 19.4 Å². The topological polar surface area (TPSA) is 226 Å². The highest BCUT2D eigenvalue weighted by molar-refractivity contribution is 5.97. The van der Waals surface area contributed by atoms with E-state index >= 15 is 0 Å². The molecule has 0 unspecified atom stereocenters. The largest absolute Gasteiger partial charge is 0.508 e. The minimum absolute atomic E-state index is 0.00469. The van der Waals surface area contributed by atoms with Crippen LogP contribution in [0.4, 0.5) is 0 Å². The Bertz CT molecular complexity index is 1470. The molecule has 1 aliphatic heterocycles. The molecular formula is C35H49N7O7. The molecule has 0 saturated carbocycles. The first-order chi connectivity index (χ1) is 23.2. The zero-order valence-electron chi connectivity index (χ0n) is 28.5. The summed E-state index contributed by atoms with van der Waals surface area (Å²) in [4.78, 5) is 80.5. The number of rotatable bonds is 16. The van der Waals surface area contributed by atoms with Gasteiger partial charge in [-0.25, -0.2) is 0 Å². The molecule has 49 heavy (non-hydrogen) atoms. The lowest BCUT2D eigenvalue weighted by Gasteiger charge is -2.31. The molecule has 0 radical (unpaired) electrons. The Morgan fingerprint density at radius 3 is 1.88 bits per heavy atom. The summed E-state index contributed by atoms with van der Waals surface area (Å²) in [7, 11) is 0. The van der Waals surface area contributed by atoms with Crippen molar-refractivity contribution in [2.75, 3.05) is 13.1 Å². The summed E-state index contributed by atoms with van der Waals surface area (Å²) in [6, 6.07) is 9.97. The van der Waals surface area contributed by atoms with Crippen molar-refractivity contribution in [3.8, 4) is 5.75 Å². The van der Waals surface area contributed by atoms with Gasteiger partial charge in [0.1, 0.15) is 36.0 Å². The molecular weight excluding hydrogens is 630 g/mol. The van der Waals surface area contributed by atoms with E-state index in [1.54, 1.807) is 64.1 Å². The Labute approximate surface area is 286 Å². The first-order valence-electron chi connectivity index (χ1n) is 16.5. The van der Waals surface area contributed by atoms with Crippen LogP contribution >= 0.6 is 0 Å². The zero-order valence-corrected chi connectivity index (χ0v) is 28.5. The Balaban J connectivity index is 1.89. The minimum atomic E-state index is -1.20. The number of amides is 6. The van der Waals surface area contributed by atoms with Crippen LogP contribution in [0, 0.1) is 11.8 Å². The Morgan fingerprint density at radius 2 is 1.33 bits per heavy atom. The van der Waals surface area contributed by atoms with Gasteiger partial charge in [-0.05, 0) is 47.9 Å². The summed E-state index contributed by atoms with van der Waals surface area (Å²) in [5, 5.41) is 20.6. The maximum absolute atomic E-state index is 14.0. The van der Waals surface area contributed by atoms with Crippen molar-refractivity contribution in [1.82, 2.24) is 26.2 Å². The number of aromatic hydroxyl groups is 1. The summed E-state index contributed by atoms with van der Waals surface area (Å²) in [6.45, 7) is 7.00. The summed E-state index contributed by atoms with van der Waals surface area (Å²) < 4.78 is 0. The van der Waals surface area contributed by atoms with Gasteiger partial charge in [0.05, 0.1) is 6.54 Å². The number of hydrogen-bond acceptors (Lipinski definition) is 8. The number of benzene rings is 2. The molecule has 1 saturated heterocycles. The van der Waals surface area contributed by atoms with E-state index in [0.29, 0.717) is 18.4 Å². The van der Waals surface area contributed by atoms with E-state index in [0.717, 1.165) is 5.56 Å². The van der Waals surface area contributed by atoms with Crippen LogP contribution in [-0.2, 0) is 41.6 Å². The fourth-order valence-corrected chi connectivity index (χ4v) is 5.72. The number of carbonyl (C=O) groups is 6. The molecule has 3 rings (SSSR count). The first-order valence-corrected chi connectivity index (χ1v) is 16.5. The molecule has 1 fully saturated rings. The molecule has 1 aliphatic rings. The van der Waals surface area contributed by atoms with Crippen LogP contribution in [0.2, 0.25) is 0 Å². The van der Waals surface area contributed by atoms with E-state index in [2.05, 4.69) is 21.3 Å². The third-order valence-electron chi connectivity index (χ3n) is 8.47. The van der Waals surface area contributed by atoms with Crippen molar-refractivity contribution in [2.45, 2.75) is 83.6 Å². The second-order valence-electron chi connectivity index (χ2n) is 13.0. The highest BCUT2D eigenvalue weighted by atomic mass is 16.3. The second-order valence-corrected chi connectivity index (χ2v) is 13.0. The third-order valence-corrected chi connectivity index (χ3v) is 8.47. The van der Waals surface area contributed by atoms with Crippen molar-refractivity contribution >= 4 is 35.4 Å². The molecule has 14 nitrogen and oxygen atoms in total. The van der Waals surface area contributed by atoms with Crippen molar-refractivity contribution < 1.29 is 33.9 Å². The number of carbonyl (C=O) groups excluding carboxylic acids is 6. The highest BCUT2D eigenvalue weighted by Gasteiger charge is 2.40. The standard InChI is InChI=1S/C35H49N7O7/c1-20(2)29(31(37)45)41-33(47)26(17-22-9-6-5-7-10-22)38-32(46)25(18-23-12-14-24(43)15-13-23)39-34(48)27-11-8-16-42(27)35(49)30(21(3)4)40-28(44)19-36/h5-7,9-10,12-15,20-21,25-27,29-30,43H,8,11,16-19,36H2,1-4H3,(H2,37,45)(H,38,46)(H,39,48)(H,40,44)(H,41,47)/t25-,26-,27-,29-,30-/m0/s1. The number of nitrogens with zero attached hydrogens (tertiary/aromatic N) is 1. The van der Waals surface area contributed by atoms with E-state index in [9.17, 15) is 33.9 Å². The van der Waals surface area contributed by atoms with Gasteiger partial charge in [-0.3, -0.25) is 28.8 Å². The van der Waals surface area contributed by atoms with Crippen LogP contribution < -0.4 is 32.7 Å². The minimum Gasteiger partial charge on any atom is -0.508 e. The molecule has 9 N–H and O–H groups in total. The molecule has 2 aromatic carbocycles. The van der Waals surface area contributed by atoms with E-state index < -0.39 is 65.7 Å². The van der Waals surface area contributed by atoms with E-state index in [-0.39, 0.29) is 43.5 Å². The van der Waals surface area contributed by atoms with Crippen LogP contribution in [0.15, 0.2) is 54.6 Å². The SMILES string of the molecule is CC(C)[C@H](NC(=O)[C@H](Cc1ccccc1)NC(=O)[C@H](Cc1ccc(O)cc1)NC(=O)[C@@H]1CCCN1C(=O)[C@@H](NC(=O)CN)C(C)C)C(N)=O. The fraction of sp³-hybridized carbons (Fsp3) is 0.486. The normalized spacial score (nSPS) is 16.7. The first kappa shape index (κ1) is 38.5. The van der Waals surface area contributed by atoms with Gasteiger partial charge >= 0.3 is 0 Å². The van der Waals surface area contributed by atoms with Crippen LogP contribution in [-0.4, -0.2) is 88.7 Å². The molecule has 6 amide bonds. The summed E-state index contributed by atoms with van der Waals surface area (Å²) in [5.74, 6) is -4.10. The number of hydrogen-bond donors (Lipinski definition) is 7. The highest BCUT2D eigenvalue weighted by Crippen LogP contribution is 2.21. The lowest BCUT2D eigenvalue weighted by Crippen LogP contribution is -2.60. The van der Waals surface area contributed by atoms with Gasteiger partial charge in [-0.15, -0.1) is 0 Å². The maximum Gasteiger partial charge on any atom is 0.246 e. The van der Waals surface area contributed by atoms with Gasteiger partial charge in [-0.1, -0.05) is 70.2 Å². The molecule has 0 aliphatic carbocycles. The summed E-state index contributed by atoms with van der Waals surface area (Å²) >= 11 is 0. The summed E-state index contributed by atoms with van der Waals surface area (Å²) in [5.41, 5.74) is 12.3. The van der Waals surface area contributed by atoms with Crippen molar-refractivity contribution in [1.29, 1.82) is 0 Å². The molecule has 0 spiro atoms. The smallest absolute Gasteiger partial charge is 0.246 e. The second kappa shape index (κ2) is 18.0. The number of likely N-dealkylation sites (tertiary alicyclic amines) is 1. The lowest BCUT2D eigenvalue weighted by atomic mass is 10.00. The van der Waals surface area contributed by atoms with E-state index in [1.807, 2.05) is 6.07 Å². The average Bonchev–Trinajstić information content (AvgIpc) is 3.56. The molecule has 2 aromatic rings. The molecule has 1 heterocycles. The quantitative estimate of drug-likeness (QED) is 0.126. The van der Waals surface area contributed by atoms with Gasteiger partial charge in [0.15, 0.2) is 0 Å². The Kier molecular flexibility index (Phi) is 14.1. The number of primary amides is 1. The van der Waals surface area contributed by atoms with Crippen LogP contribution in [0.25, 0.3) is 0 Å². The predicted molar refractivity (Wildman–Crippen MR) is 182 cm³/mol. The number of nitrogens with two attached hydrogens (primary N) is 2.